The average molecular weight is 174 g/mol. The summed E-state index contributed by atoms with van der Waals surface area (Å²) in [6.07, 6.45) is 2.80. The van der Waals surface area contributed by atoms with Gasteiger partial charge in [-0.1, -0.05) is 0 Å². The van der Waals surface area contributed by atoms with Crippen LogP contribution in [0.25, 0.3) is 0 Å². The van der Waals surface area contributed by atoms with E-state index in [1.54, 1.807) is 4.68 Å². The lowest BCUT2D eigenvalue weighted by molar-refractivity contribution is 0.747. The fourth-order valence-electron chi connectivity index (χ4n) is 0.483. The second-order valence-electron chi connectivity index (χ2n) is 1.65. The van der Waals surface area contributed by atoms with Crippen LogP contribution in [0.4, 0.5) is 0 Å². The van der Waals surface area contributed by atoms with Crippen molar-refractivity contribution in [1.82, 2.24) is 9.78 Å². The molecule has 1 radical (unpaired) electrons. The summed E-state index contributed by atoms with van der Waals surface area (Å²) < 4.78 is 2.73. The molecule has 1 aromatic heterocycles. The molecule has 0 atom stereocenters. The molecule has 1 aromatic rings. The van der Waals surface area contributed by atoms with Crippen molar-refractivity contribution in [1.29, 1.82) is 0 Å². The molecular weight excluding hydrogens is 168 g/mol. The van der Waals surface area contributed by atoms with Crippen molar-refractivity contribution < 1.29 is 0 Å². The molecule has 1 heterocycles. The van der Waals surface area contributed by atoms with Gasteiger partial charge in [0.15, 0.2) is 0 Å². The number of hydrogen-bond donors (Lipinski definition) is 0. The van der Waals surface area contributed by atoms with Crippen molar-refractivity contribution in [3.8, 4) is 0 Å². The van der Waals surface area contributed by atoms with Gasteiger partial charge in [0, 0.05) is 12.6 Å². The van der Waals surface area contributed by atoms with E-state index in [1.807, 2.05) is 14.0 Å². The zero-order valence-corrected chi connectivity index (χ0v) is 6.36. The van der Waals surface area contributed by atoms with Gasteiger partial charge in [0.05, 0.1) is 0 Å². The van der Waals surface area contributed by atoms with Gasteiger partial charge in [0.2, 0.25) is 0 Å². The summed E-state index contributed by atoms with van der Waals surface area (Å²) in [5.41, 5.74) is 1.05. The van der Waals surface area contributed by atoms with E-state index in [-0.39, 0.29) is 0 Å². The van der Waals surface area contributed by atoms with Crippen LogP contribution in [0.15, 0.2) is 4.60 Å². The first-order chi connectivity index (χ1) is 3.72. The summed E-state index contributed by atoms with van der Waals surface area (Å²) in [5.74, 6) is 0. The molecule has 0 aliphatic rings. The molecule has 2 nitrogen and oxygen atoms in total. The summed E-state index contributed by atoms with van der Waals surface area (Å²) in [7, 11) is 1.87. The summed E-state index contributed by atoms with van der Waals surface area (Å²) >= 11 is 3.32. The minimum atomic E-state index is 0.998. The highest BCUT2D eigenvalue weighted by molar-refractivity contribution is 9.10. The summed E-state index contributed by atoms with van der Waals surface area (Å²) in [6, 6.07) is 0. The van der Waals surface area contributed by atoms with Crippen LogP contribution >= 0.6 is 15.9 Å². The number of rotatable bonds is 0. The van der Waals surface area contributed by atoms with E-state index in [0.717, 1.165) is 10.2 Å². The molecule has 0 bridgehead atoms. The Morgan fingerprint density at radius 1 is 1.75 bits per heavy atom. The van der Waals surface area contributed by atoms with E-state index in [2.05, 4.69) is 27.2 Å². The van der Waals surface area contributed by atoms with Gasteiger partial charge in [0.1, 0.15) is 10.8 Å². The first-order valence-electron chi connectivity index (χ1n) is 2.28. The van der Waals surface area contributed by atoms with Gasteiger partial charge in [-0.3, -0.25) is 4.68 Å². The fraction of sp³-hybridized carbons (Fsp3) is 0.400. The van der Waals surface area contributed by atoms with Gasteiger partial charge >= 0.3 is 0 Å². The van der Waals surface area contributed by atoms with Gasteiger partial charge in [-0.15, -0.1) is 0 Å². The minimum Gasteiger partial charge on any atom is -0.261 e. The van der Waals surface area contributed by atoms with Crippen LogP contribution in [0, 0.1) is 13.1 Å². The molecule has 43 valence electrons. The first kappa shape index (κ1) is 5.82. The topological polar surface area (TPSA) is 17.8 Å². The Morgan fingerprint density at radius 3 is 2.50 bits per heavy atom. The Morgan fingerprint density at radius 2 is 2.38 bits per heavy atom. The van der Waals surface area contributed by atoms with Crippen LogP contribution in [0.5, 0.6) is 0 Å². The highest BCUT2D eigenvalue weighted by Gasteiger charge is 1.97. The molecule has 0 spiro atoms. The van der Waals surface area contributed by atoms with Gasteiger partial charge in [0.25, 0.3) is 0 Å². The van der Waals surface area contributed by atoms with E-state index in [0.29, 0.717) is 0 Å². The van der Waals surface area contributed by atoms with Crippen LogP contribution in [0.2, 0.25) is 0 Å². The number of aromatic nitrogens is 2. The molecule has 3 heteroatoms. The van der Waals surface area contributed by atoms with E-state index in [9.17, 15) is 0 Å². The van der Waals surface area contributed by atoms with Crippen LogP contribution in [-0.2, 0) is 7.05 Å². The molecule has 8 heavy (non-hydrogen) atoms. The predicted octanol–water partition coefficient (Wildman–Crippen LogP) is 1.29. The monoisotopic (exact) mass is 173 g/mol. The van der Waals surface area contributed by atoms with Gasteiger partial charge < -0.3 is 0 Å². The maximum atomic E-state index is 3.86. The second kappa shape index (κ2) is 1.90. The van der Waals surface area contributed by atoms with E-state index in [4.69, 9.17) is 0 Å². The van der Waals surface area contributed by atoms with Gasteiger partial charge in [-0.2, -0.15) is 5.10 Å². The van der Waals surface area contributed by atoms with Gasteiger partial charge in [-0.05, 0) is 22.9 Å². The average Bonchev–Trinajstić information content (AvgIpc) is 1.98. The Bertz CT molecular complexity index is 173. The molecule has 0 aliphatic carbocycles. The Labute approximate surface area is 56.6 Å². The molecule has 0 aliphatic heterocycles. The SMILES string of the molecule is Cc1[c]nn(C)c1Br. The number of hydrogen-bond acceptors (Lipinski definition) is 1. The zero-order valence-electron chi connectivity index (χ0n) is 4.77. The highest BCUT2D eigenvalue weighted by Crippen LogP contribution is 2.11. The lowest BCUT2D eigenvalue weighted by Gasteiger charge is -1.88. The summed E-state index contributed by atoms with van der Waals surface area (Å²) in [6.45, 7) is 1.96. The maximum Gasteiger partial charge on any atom is 0.117 e. The minimum absolute atomic E-state index is 0.998. The molecule has 0 N–H and O–H groups in total. The zero-order chi connectivity index (χ0) is 6.15. The fourth-order valence-corrected chi connectivity index (χ4v) is 0.651. The van der Waals surface area contributed by atoms with Crippen molar-refractivity contribution in [2.75, 3.05) is 0 Å². The molecular formula is C5H6BrN2. The predicted molar refractivity (Wildman–Crippen MR) is 34.5 cm³/mol. The van der Waals surface area contributed by atoms with Crippen LogP contribution in [0.3, 0.4) is 0 Å². The van der Waals surface area contributed by atoms with Crippen molar-refractivity contribution >= 4 is 15.9 Å². The van der Waals surface area contributed by atoms with E-state index in [1.165, 1.54) is 0 Å². The Kier molecular flexibility index (Phi) is 1.38. The van der Waals surface area contributed by atoms with Crippen LogP contribution < -0.4 is 0 Å². The normalized spacial score (nSPS) is 9.88. The maximum absolute atomic E-state index is 3.86. The lowest BCUT2D eigenvalue weighted by atomic mass is 10.4. The third kappa shape index (κ3) is 0.777. The third-order valence-corrected chi connectivity index (χ3v) is 2.07. The number of nitrogens with zero attached hydrogens (tertiary/aromatic N) is 2. The van der Waals surface area contributed by atoms with E-state index < -0.39 is 0 Å². The second-order valence-corrected chi connectivity index (χ2v) is 2.40. The summed E-state index contributed by atoms with van der Waals surface area (Å²) in [5, 5.41) is 3.86. The number of aryl methyl sites for hydroxylation is 2. The van der Waals surface area contributed by atoms with Gasteiger partial charge in [-0.25, -0.2) is 0 Å². The van der Waals surface area contributed by atoms with E-state index >= 15 is 0 Å². The molecule has 0 saturated heterocycles. The molecule has 0 amide bonds. The van der Waals surface area contributed by atoms with Crippen LogP contribution in [0.1, 0.15) is 5.56 Å². The largest absolute Gasteiger partial charge is 0.261 e. The molecule has 0 unspecified atom stereocenters. The molecule has 0 aromatic carbocycles. The summed E-state index contributed by atoms with van der Waals surface area (Å²) in [4.78, 5) is 0. The molecule has 0 saturated carbocycles. The number of halogens is 1. The highest BCUT2D eigenvalue weighted by atomic mass is 79.9. The van der Waals surface area contributed by atoms with Crippen molar-refractivity contribution in [2.45, 2.75) is 6.92 Å². The Hall–Kier alpha value is -0.310. The van der Waals surface area contributed by atoms with Crippen molar-refractivity contribution in [2.24, 2.45) is 7.05 Å². The molecule has 1 rings (SSSR count). The van der Waals surface area contributed by atoms with Crippen molar-refractivity contribution in [3.05, 3.63) is 16.4 Å². The quantitative estimate of drug-likeness (QED) is 0.579. The molecule has 0 fully saturated rings. The smallest absolute Gasteiger partial charge is 0.117 e. The lowest BCUT2D eigenvalue weighted by Crippen LogP contribution is -1.88. The third-order valence-electron chi connectivity index (χ3n) is 0.961. The van der Waals surface area contributed by atoms with Crippen LogP contribution in [-0.4, -0.2) is 9.78 Å². The standard InChI is InChI=1S/C5H6BrN2/c1-4-3-7-8(2)5(4)6/h1-2H3. The first-order valence-corrected chi connectivity index (χ1v) is 3.08. The Balaban J connectivity index is 3.19. The van der Waals surface area contributed by atoms with Crippen molar-refractivity contribution in [3.63, 3.8) is 0 Å².